The predicted octanol–water partition coefficient (Wildman–Crippen LogP) is 2.13. The third-order valence-corrected chi connectivity index (χ3v) is 1.21. The minimum atomic E-state index is 0.377. The van der Waals surface area contributed by atoms with E-state index in [-0.39, 0.29) is 0 Å². The van der Waals surface area contributed by atoms with Gasteiger partial charge in [0.2, 0.25) is 0 Å². The van der Waals surface area contributed by atoms with Crippen LogP contribution in [-0.2, 0) is 0 Å². The number of halogens is 1. The highest BCUT2D eigenvalue weighted by Gasteiger charge is 1.98. The first kappa shape index (κ1) is 4.92. The van der Waals surface area contributed by atoms with Crippen LogP contribution < -0.4 is 0 Å². The minimum absolute atomic E-state index is 0.377. The van der Waals surface area contributed by atoms with Gasteiger partial charge >= 0.3 is 0 Å². The van der Waals surface area contributed by atoms with Crippen LogP contribution in [0.2, 0.25) is 0 Å². The van der Waals surface area contributed by atoms with E-state index in [1.165, 1.54) is 0 Å². The molecule has 0 aliphatic heterocycles. The molecule has 0 N–H and O–H groups in total. The van der Waals surface area contributed by atoms with Crippen LogP contribution in [-0.4, -0.2) is 0 Å². The summed E-state index contributed by atoms with van der Waals surface area (Å²) in [4.78, 5) is 0. The molecule has 0 nitrogen and oxygen atoms in total. The average molecular weight is 114 g/mol. The fourth-order valence-electron chi connectivity index (χ4n) is 0.533. The topological polar surface area (TPSA) is 0 Å². The van der Waals surface area contributed by atoms with Crippen molar-refractivity contribution >= 4 is 11.6 Å². The molecule has 37 valence electrons. The fourth-order valence-corrected chi connectivity index (χ4v) is 0.701. The van der Waals surface area contributed by atoms with E-state index in [2.05, 4.69) is 0 Å². The van der Waals surface area contributed by atoms with Crippen LogP contribution >= 0.6 is 11.6 Å². The smallest absolute Gasteiger partial charge is 0.0605 e. The van der Waals surface area contributed by atoms with Gasteiger partial charge in [0.15, 0.2) is 0 Å². The van der Waals surface area contributed by atoms with E-state index in [1.54, 1.807) is 5.88 Å². The molecule has 0 aromatic heterocycles. The van der Waals surface area contributed by atoms with Gasteiger partial charge in [0, 0.05) is 5.92 Å². The molecule has 0 atom stereocenters. The monoisotopic (exact) mass is 113 g/mol. The summed E-state index contributed by atoms with van der Waals surface area (Å²) < 4.78 is 0. The minimum Gasteiger partial charge on any atom is -0.120 e. The van der Waals surface area contributed by atoms with Crippen molar-refractivity contribution in [2.75, 3.05) is 0 Å². The highest BCUT2D eigenvalue weighted by Crippen LogP contribution is 2.13. The summed E-state index contributed by atoms with van der Waals surface area (Å²) >= 11 is 5.38. The molecule has 0 fully saturated rings. The molecular weight excluding hydrogens is 108 g/mol. The molecule has 0 aromatic carbocycles. The largest absolute Gasteiger partial charge is 0.120 e. The third-order valence-electron chi connectivity index (χ3n) is 0.923. The Morgan fingerprint density at radius 2 is 1.86 bits per heavy atom. The molecule has 0 bridgehead atoms. The summed E-state index contributed by atoms with van der Waals surface area (Å²) in [5.74, 6) is 2.02. The summed E-state index contributed by atoms with van der Waals surface area (Å²) in [5.41, 5.74) is 0. The fraction of sp³-hybridized carbons (Fsp3) is 0.167. The van der Waals surface area contributed by atoms with E-state index in [0.717, 1.165) is 0 Å². The lowest BCUT2D eigenvalue weighted by Crippen LogP contribution is -1.80. The molecule has 0 spiro atoms. The van der Waals surface area contributed by atoms with Crippen LogP contribution in [0.25, 0.3) is 0 Å². The number of allylic oxidation sites excluding steroid dienone is 4. The zero-order valence-corrected chi connectivity index (χ0v) is 4.60. The Bertz CT molecular complexity index is 90.7. The maximum Gasteiger partial charge on any atom is 0.0605 e. The van der Waals surface area contributed by atoms with Gasteiger partial charge in [-0.25, -0.2) is 0 Å². The van der Waals surface area contributed by atoms with Crippen molar-refractivity contribution in [3.63, 3.8) is 0 Å². The number of hydrogen-bond acceptors (Lipinski definition) is 0. The molecule has 1 radical (unpaired) electrons. The van der Waals surface area contributed by atoms with Gasteiger partial charge in [-0.1, -0.05) is 24.3 Å². The van der Waals surface area contributed by atoms with Gasteiger partial charge in [-0.2, -0.15) is 0 Å². The van der Waals surface area contributed by atoms with Crippen LogP contribution in [0.5, 0.6) is 0 Å². The standard InChI is InChI=1S/C6H6Cl/c7-5-6-3-1-2-4-6/h1-6H. The van der Waals surface area contributed by atoms with Crippen molar-refractivity contribution in [3.8, 4) is 0 Å². The Labute approximate surface area is 48.5 Å². The Morgan fingerprint density at radius 3 is 2.14 bits per heavy atom. The SMILES string of the molecule is Cl[CH]C1C=CC=C1. The van der Waals surface area contributed by atoms with Crippen molar-refractivity contribution in [1.29, 1.82) is 0 Å². The van der Waals surface area contributed by atoms with Crippen molar-refractivity contribution < 1.29 is 0 Å². The van der Waals surface area contributed by atoms with Gasteiger partial charge in [-0.15, -0.1) is 11.6 Å². The van der Waals surface area contributed by atoms with Crippen LogP contribution in [0.15, 0.2) is 24.3 Å². The van der Waals surface area contributed by atoms with E-state index in [9.17, 15) is 0 Å². The Morgan fingerprint density at radius 1 is 1.29 bits per heavy atom. The molecular formula is C6H6Cl. The van der Waals surface area contributed by atoms with E-state index in [1.807, 2.05) is 24.3 Å². The number of hydrogen-bond donors (Lipinski definition) is 0. The summed E-state index contributed by atoms with van der Waals surface area (Å²) in [6.45, 7) is 0. The van der Waals surface area contributed by atoms with Crippen molar-refractivity contribution in [2.24, 2.45) is 5.92 Å². The molecule has 1 aliphatic rings. The zero-order valence-electron chi connectivity index (χ0n) is 3.84. The quantitative estimate of drug-likeness (QED) is 0.489. The summed E-state index contributed by atoms with van der Waals surface area (Å²) in [7, 11) is 0. The van der Waals surface area contributed by atoms with E-state index in [0.29, 0.717) is 5.92 Å². The van der Waals surface area contributed by atoms with E-state index in [4.69, 9.17) is 11.6 Å². The van der Waals surface area contributed by atoms with E-state index < -0.39 is 0 Å². The normalized spacial score (nSPS) is 19.0. The van der Waals surface area contributed by atoms with Gasteiger partial charge in [-0.05, 0) is 0 Å². The second-order valence-electron chi connectivity index (χ2n) is 1.47. The highest BCUT2D eigenvalue weighted by molar-refractivity contribution is 6.23. The average Bonchev–Trinajstić information content (AvgIpc) is 2.14. The molecule has 1 aliphatic carbocycles. The Kier molecular flexibility index (Phi) is 1.53. The predicted molar refractivity (Wildman–Crippen MR) is 31.9 cm³/mol. The van der Waals surface area contributed by atoms with Crippen LogP contribution in [0, 0.1) is 11.8 Å². The van der Waals surface area contributed by atoms with Gasteiger partial charge in [0.05, 0.1) is 5.88 Å². The first-order valence-corrected chi connectivity index (χ1v) is 2.65. The molecule has 0 aromatic rings. The summed E-state index contributed by atoms with van der Waals surface area (Å²) in [6, 6.07) is 0. The van der Waals surface area contributed by atoms with Gasteiger partial charge in [0.1, 0.15) is 0 Å². The van der Waals surface area contributed by atoms with Crippen molar-refractivity contribution in [1.82, 2.24) is 0 Å². The highest BCUT2D eigenvalue weighted by atomic mass is 35.5. The molecule has 0 saturated carbocycles. The van der Waals surface area contributed by atoms with Gasteiger partial charge < -0.3 is 0 Å². The molecule has 0 saturated heterocycles. The molecule has 0 unspecified atom stereocenters. The zero-order chi connectivity index (χ0) is 5.11. The van der Waals surface area contributed by atoms with Gasteiger partial charge in [0.25, 0.3) is 0 Å². The second kappa shape index (κ2) is 2.17. The maximum atomic E-state index is 5.38. The Balaban J connectivity index is 2.44. The lowest BCUT2D eigenvalue weighted by atomic mass is 10.2. The van der Waals surface area contributed by atoms with Crippen molar-refractivity contribution in [2.45, 2.75) is 0 Å². The van der Waals surface area contributed by atoms with E-state index >= 15 is 0 Å². The third kappa shape index (κ3) is 1.07. The lowest BCUT2D eigenvalue weighted by Gasteiger charge is -1.91. The molecule has 1 rings (SSSR count). The van der Waals surface area contributed by atoms with Crippen LogP contribution in [0.4, 0.5) is 0 Å². The Hall–Kier alpha value is -0.230. The van der Waals surface area contributed by atoms with Crippen LogP contribution in [0.1, 0.15) is 0 Å². The van der Waals surface area contributed by atoms with Crippen LogP contribution in [0.3, 0.4) is 0 Å². The molecule has 0 heterocycles. The lowest BCUT2D eigenvalue weighted by molar-refractivity contribution is 1.06. The molecule has 7 heavy (non-hydrogen) atoms. The number of rotatable bonds is 1. The molecule has 0 amide bonds. The maximum absolute atomic E-state index is 5.38. The van der Waals surface area contributed by atoms with Gasteiger partial charge in [-0.3, -0.25) is 0 Å². The molecule has 1 heteroatoms. The van der Waals surface area contributed by atoms with Crippen molar-refractivity contribution in [3.05, 3.63) is 30.2 Å². The summed E-state index contributed by atoms with van der Waals surface area (Å²) in [5, 5.41) is 0. The first-order valence-electron chi connectivity index (χ1n) is 2.22. The summed E-state index contributed by atoms with van der Waals surface area (Å²) in [6.07, 6.45) is 8.05. The second-order valence-corrected chi connectivity index (χ2v) is 1.73. The first-order chi connectivity index (χ1) is 3.43.